The molecule has 2 atom stereocenters. The number of anilines is 1. The lowest BCUT2D eigenvalue weighted by Crippen LogP contribution is -2.33. The zero-order valence-corrected chi connectivity index (χ0v) is 10.5. The van der Waals surface area contributed by atoms with E-state index in [0.29, 0.717) is 6.04 Å². The number of hydrogen-bond acceptors (Lipinski definition) is 1. The molecule has 0 fully saturated rings. The molecule has 2 rings (SSSR count). The molecule has 0 aliphatic carbocycles. The van der Waals surface area contributed by atoms with Gasteiger partial charge in [-0.05, 0) is 30.4 Å². The van der Waals surface area contributed by atoms with Crippen LogP contribution >= 0.6 is 0 Å². The van der Waals surface area contributed by atoms with E-state index >= 15 is 0 Å². The molecule has 1 N–H and O–H groups in total. The van der Waals surface area contributed by atoms with E-state index in [-0.39, 0.29) is 0 Å². The Labute approximate surface area is 99.3 Å². The first-order chi connectivity index (χ1) is 7.81. The van der Waals surface area contributed by atoms with Crippen LogP contribution in [0.1, 0.15) is 45.1 Å². The molecule has 0 bridgehead atoms. The Bertz CT molecular complexity index is 332. The van der Waals surface area contributed by atoms with Crippen LogP contribution in [0, 0.1) is 5.92 Å². The molecule has 0 amide bonds. The number of benzene rings is 1. The fourth-order valence-corrected chi connectivity index (χ4v) is 2.64. The lowest BCUT2D eigenvalue weighted by Gasteiger charge is -2.32. The molecule has 88 valence electrons. The Hall–Kier alpha value is -0.980. The van der Waals surface area contributed by atoms with Gasteiger partial charge in [0.05, 0.1) is 0 Å². The maximum absolute atomic E-state index is 3.71. The summed E-state index contributed by atoms with van der Waals surface area (Å²) in [7, 11) is 0. The molecule has 1 heteroatoms. The lowest BCUT2D eigenvalue weighted by atomic mass is 9.86. The third-order valence-electron chi connectivity index (χ3n) is 3.71. The van der Waals surface area contributed by atoms with E-state index in [1.54, 1.807) is 0 Å². The first kappa shape index (κ1) is 11.5. The van der Waals surface area contributed by atoms with E-state index in [1.807, 2.05) is 0 Å². The fraction of sp³-hybridized carbons (Fsp3) is 0.600. The summed E-state index contributed by atoms with van der Waals surface area (Å²) < 4.78 is 0. The molecular weight excluding hydrogens is 194 g/mol. The average molecular weight is 217 g/mol. The Morgan fingerprint density at radius 1 is 1.25 bits per heavy atom. The zero-order valence-electron chi connectivity index (χ0n) is 10.5. The van der Waals surface area contributed by atoms with Crippen molar-refractivity contribution >= 4 is 5.69 Å². The highest BCUT2D eigenvalue weighted by atomic mass is 14.9. The maximum Gasteiger partial charge on any atom is 0.0375 e. The van der Waals surface area contributed by atoms with Crippen LogP contribution in [0.25, 0.3) is 0 Å². The highest BCUT2D eigenvalue weighted by Gasteiger charge is 2.23. The van der Waals surface area contributed by atoms with Gasteiger partial charge in [-0.2, -0.15) is 0 Å². The molecule has 0 aromatic heterocycles. The second-order valence-electron chi connectivity index (χ2n) is 5.09. The summed E-state index contributed by atoms with van der Waals surface area (Å²) in [5, 5.41) is 3.71. The second kappa shape index (κ2) is 5.38. The lowest BCUT2D eigenvalue weighted by molar-refractivity contribution is 0.426. The van der Waals surface area contributed by atoms with Crippen molar-refractivity contribution in [2.24, 2.45) is 5.92 Å². The van der Waals surface area contributed by atoms with E-state index in [1.165, 1.54) is 43.4 Å². The van der Waals surface area contributed by atoms with Crippen molar-refractivity contribution in [3.05, 3.63) is 29.8 Å². The third-order valence-corrected chi connectivity index (χ3v) is 3.71. The van der Waals surface area contributed by atoms with Crippen LogP contribution in [0.15, 0.2) is 24.3 Å². The summed E-state index contributed by atoms with van der Waals surface area (Å²) in [5.41, 5.74) is 2.85. The van der Waals surface area contributed by atoms with Crippen molar-refractivity contribution in [1.82, 2.24) is 0 Å². The highest BCUT2D eigenvalue weighted by Crippen LogP contribution is 2.30. The molecule has 1 aliphatic heterocycles. The normalized spacial score (nSPS) is 23.6. The number of rotatable bonds is 4. The van der Waals surface area contributed by atoms with E-state index in [9.17, 15) is 0 Å². The van der Waals surface area contributed by atoms with Crippen LogP contribution in [0.3, 0.4) is 0 Å². The van der Waals surface area contributed by atoms with Crippen molar-refractivity contribution in [3.63, 3.8) is 0 Å². The van der Waals surface area contributed by atoms with Crippen molar-refractivity contribution in [3.8, 4) is 0 Å². The maximum atomic E-state index is 3.71. The summed E-state index contributed by atoms with van der Waals surface area (Å²) in [5.74, 6) is 0.770. The number of fused-ring (bicyclic) bond motifs is 1. The topological polar surface area (TPSA) is 12.0 Å². The molecular formula is C15H23N. The van der Waals surface area contributed by atoms with E-state index < -0.39 is 0 Å². The van der Waals surface area contributed by atoms with Gasteiger partial charge < -0.3 is 5.32 Å². The number of hydrogen-bond donors (Lipinski definition) is 1. The molecule has 0 radical (unpaired) electrons. The van der Waals surface area contributed by atoms with Gasteiger partial charge in [0.15, 0.2) is 0 Å². The van der Waals surface area contributed by atoms with Gasteiger partial charge in [-0.3, -0.25) is 0 Å². The Morgan fingerprint density at radius 2 is 2.06 bits per heavy atom. The van der Waals surface area contributed by atoms with E-state index in [2.05, 4.69) is 43.4 Å². The van der Waals surface area contributed by atoms with Gasteiger partial charge in [0, 0.05) is 11.7 Å². The second-order valence-corrected chi connectivity index (χ2v) is 5.09. The molecule has 0 unspecified atom stereocenters. The predicted octanol–water partition coefficient (Wildman–Crippen LogP) is 4.24. The van der Waals surface area contributed by atoms with Gasteiger partial charge in [0.2, 0.25) is 0 Å². The van der Waals surface area contributed by atoms with E-state index in [4.69, 9.17) is 0 Å². The minimum absolute atomic E-state index is 0.682. The van der Waals surface area contributed by atoms with Crippen molar-refractivity contribution < 1.29 is 0 Å². The molecule has 1 nitrogen and oxygen atoms in total. The Morgan fingerprint density at radius 3 is 2.88 bits per heavy atom. The van der Waals surface area contributed by atoms with Gasteiger partial charge in [-0.25, -0.2) is 0 Å². The number of nitrogens with one attached hydrogen (secondary N) is 1. The molecule has 1 aromatic rings. The minimum atomic E-state index is 0.682. The molecule has 1 aliphatic rings. The smallest absolute Gasteiger partial charge is 0.0375 e. The van der Waals surface area contributed by atoms with Crippen LogP contribution < -0.4 is 5.32 Å². The fourth-order valence-electron chi connectivity index (χ4n) is 2.64. The minimum Gasteiger partial charge on any atom is -0.382 e. The molecule has 0 saturated carbocycles. The van der Waals surface area contributed by atoms with Gasteiger partial charge in [0.25, 0.3) is 0 Å². The van der Waals surface area contributed by atoms with Crippen LogP contribution in [0.4, 0.5) is 5.69 Å². The first-order valence-electron chi connectivity index (χ1n) is 6.65. The Balaban J connectivity index is 1.98. The monoisotopic (exact) mass is 217 g/mol. The number of para-hydroxylation sites is 1. The molecule has 1 aromatic carbocycles. The first-order valence-corrected chi connectivity index (χ1v) is 6.65. The van der Waals surface area contributed by atoms with Gasteiger partial charge in [0.1, 0.15) is 0 Å². The summed E-state index contributed by atoms with van der Waals surface area (Å²) in [6.07, 6.45) is 6.61. The van der Waals surface area contributed by atoms with Gasteiger partial charge in [-0.15, -0.1) is 0 Å². The molecule has 0 spiro atoms. The van der Waals surface area contributed by atoms with Crippen molar-refractivity contribution in [2.45, 2.75) is 52.0 Å². The van der Waals surface area contributed by atoms with Crippen molar-refractivity contribution in [1.29, 1.82) is 0 Å². The van der Waals surface area contributed by atoms with Crippen LogP contribution in [-0.2, 0) is 6.42 Å². The summed E-state index contributed by atoms with van der Waals surface area (Å²) in [6, 6.07) is 9.42. The summed E-state index contributed by atoms with van der Waals surface area (Å²) >= 11 is 0. The van der Waals surface area contributed by atoms with Crippen molar-refractivity contribution in [2.75, 3.05) is 5.32 Å². The molecule has 0 saturated heterocycles. The molecule has 16 heavy (non-hydrogen) atoms. The van der Waals surface area contributed by atoms with Crippen LogP contribution in [-0.4, -0.2) is 6.04 Å². The van der Waals surface area contributed by atoms with Gasteiger partial charge in [-0.1, -0.05) is 51.3 Å². The quantitative estimate of drug-likeness (QED) is 0.744. The predicted molar refractivity (Wildman–Crippen MR) is 70.9 cm³/mol. The molecule has 1 heterocycles. The third kappa shape index (κ3) is 2.58. The highest BCUT2D eigenvalue weighted by molar-refractivity contribution is 5.54. The summed E-state index contributed by atoms with van der Waals surface area (Å²) in [6.45, 7) is 4.65. The Kier molecular flexibility index (Phi) is 3.87. The largest absolute Gasteiger partial charge is 0.382 e. The average Bonchev–Trinajstić information content (AvgIpc) is 2.30. The SMILES string of the molecule is CCCCC[C@@H]1Nc2ccccc2C[C@@H]1C. The number of unbranched alkanes of at least 4 members (excludes halogenated alkanes) is 2. The summed E-state index contributed by atoms with van der Waals surface area (Å²) in [4.78, 5) is 0. The van der Waals surface area contributed by atoms with Crippen LogP contribution in [0.2, 0.25) is 0 Å². The van der Waals surface area contributed by atoms with Crippen LogP contribution in [0.5, 0.6) is 0 Å². The standard InChI is InChI=1S/C15H23N/c1-3-4-5-9-14-12(2)11-13-8-6-7-10-15(13)16-14/h6-8,10,12,14,16H,3-5,9,11H2,1-2H3/t12-,14-/m0/s1. The van der Waals surface area contributed by atoms with Gasteiger partial charge >= 0.3 is 0 Å². The van der Waals surface area contributed by atoms with E-state index in [0.717, 1.165) is 5.92 Å². The zero-order chi connectivity index (χ0) is 11.4.